The summed E-state index contributed by atoms with van der Waals surface area (Å²) in [6, 6.07) is 0.466. The minimum atomic E-state index is 0.466. The number of imidazole rings is 1. The summed E-state index contributed by atoms with van der Waals surface area (Å²) >= 11 is 0. The molecule has 1 aromatic heterocycles. The Balaban J connectivity index is 2.56. The van der Waals surface area contributed by atoms with Gasteiger partial charge < -0.3 is 9.88 Å². The summed E-state index contributed by atoms with van der Waals surface area (Å²) in [6.07, 6.45) is 6.34. The molecule has 1 N–H and O–H groups in total. The Morgan fingerprint density at radius 2 is 2.13 bits per heavy atom. The van der Waals surface area contributed by atoms with Gasteiger partial charge in [0.05, 0.1) is 0 Å². The van der Waals surface area contributed by atoms with Gasteiger partial charge in [0.2, 0.25) is 5.95 Å². The van der Waals surface area contributed by atoms with Crippen LogP contribution in [0.1, 0.15) is 40.5 Å². The highest BCUT2D eigenvalue weighted by Gasteiger charge is 2.09. The lowest BCUT2D eigenvalue weighted by molar-refractivity contribution is 0.547. The summed E-state index contributed by atoms with van der Waals surface area (Å²) in [6.45, 7) is 9.90. The molecule has 0 amide bonds. The topological polar surface area (TPSA) is 29.9 Å². The monoisotopic (exact) mass is 209 g/mol. The number of hydrogen-bond acceptors (Lipinski definition) is 2. The van der Waals surface area contributed by atoms with Gasteiger partial charge in [-0.15, -0.1) is 0 Å². The Hall–Kier alpha value is -0.990. The molecule has 0 fully saturated rings. The second kappa shape index (κ2) is 5.79. The molecule has 0 spiro atoms. The number of aromatic nitrogens is 2. The molecule has 86 valence electrons. The molecule has 1 unspecified atom stereocenters. The lowest BCUT2D eigenvalue weighted by Crippen LogP contribution is -2.23. The summed E-state index contributed by atoms with van der Waals surface area (Å²) in [5.74, 6) is 1.63. The predicted molar refractivity (Wildman–Crippen MR) is 65.1 cm³/mol. The second-order valence-electron chi connectivity index (χ2n) is 4.47. The van der Waals surface area contributed by atoms with Crippen LogP contribution < -0.4 is 5.32 Å². The summed E-state index contributed by atoms with van der Waals surface area (Å²) < 4.78 is 2.20. The molecule has 1 aromatic rings. The van der Waals surface area contributed by atoms with Gasteiger partial charge in [0.1, 0.15) is 0 Å². The smallest absolute Gasteiger partial charge is 0.202 e. The van der Waals surface area contributed by atoms with Crippen LogP contribution in [0.2, 0.25) is 0 Å². The highest BCUT2D eigenvalue weighted by atomic mass is 15.2. The van der Waals surface area contributed by atoms with E-state index in [1.54, 1.807) is 0 Å². The first-order valence-corrected chi connectivity index (χ1v) is 5.92. The van der Waals surface area contributed by atoms with Crippen molar-refractivity contribution in [2.45, 2.75) is 53.1 Å². The van der Waals surface area contributed by atoms with Crippen molar-refractivity contribution in [2.24, 2.45) is 5.92 Å². The lowest BCUT2D eigenvalue weighted by atomic mass is 10.1. The standard InChI is InChI=1S/C12H23N3/c1-5-6-8-15-9-7-13-12(15)14-11(4)10(2)3/h7,9-11H,5-6,8H2,1-4H3,(H,13,14). The molecule has 0 bridgehead atoms. The Labute approximate surface area is 92.9 Å². The van der Waals surface area contributed by atoms with Gasteiger partial charge in [-0.2, -0.15) is 0 Å². The highest BCUT2D eigenvalue weighted by Crippen LogP contribution is 2.11. The van der Waals surface area contributed by atoms with Crippen LogP contribution in [0.5, 0.6) is 0 Å². The van der Waals surface area contributed by atoms with E-state index in [1.165, 1.54) is 12.8 Å². The van der Waals surface area contributed by atoms with Gasteiger partial charge in [-0.05, 0) is 19.3 Å². The third-order valence-corrected chi connectivity index (χ3v) is 2.82. The molecule has 0 saturated carbocycles. The van der Waals surface area contributed by atoms with Crippen LogP contribution >= 0.6 is 0 Å². The van der Waals surface area contributed by atoms with E-state index in [9.17, 15) is 0 Å². The van der Waals surface area contributed by atoms with Crippen LogP contribution in [0.4, 0.5) is 5.95 Å². The van der Waals surface area contributed by atoms with Crippen molar-refractivity contribution in [3.8, 4) is 0 Å². The molecule has 0 aliphatic heterocycles. The largest absolute Gasteiger partial charge is 0.353 e. The van der Waals surface area contributed by atoms with Crippen molar-refractivity contribution in [3.05, 3.63) is 12.4 Å². The normalized spacial score (nSPS) is 13.1. The third kappa shape index (κ3) is 3.57. The van der Waals surface area contributed by atoms with Crippen LogP contribution in [-0.4, -0.2) is 15.6 Å². The molecule has 1 atom stereocenters. The number of aryl methyl sites for hydroxylation is 1. The van der Waals surface area contributed by atoms with Crippen LogP contribution in [0.3, 0.4) is 0 Å². The van der Waals surface area contributed by atoms with Crippen molar-refractivity contribution in [3.63, 3.8) is 0 Å². The predicted octanol–water partition coefficient (Wildman–Crippen LogP) is 3.14. The number of hydrogen-bond donors (Lipinski definition) is 1. The van der Waals surface area contributed by atoms with Crippen molar-refractivity contribution in [1.29, 1.82) is 0 Å². The molecule has 3 nitrogen and oxygen atoms in total. The molecular formula is C12H23N3. The fourth-order valence-electron chi connectivity index (χ4n) is 1.33. The molecule has 0 saturated heterocycles. The van der Waals surface area contributed by atoms with Gasteiger partial charge in [0.15, 0.2) is 0 Å². The zero-order valence-corrected chi connectivity index (χ0v) is 10.3. The SMILES string of the molecule is CCCCn1ccnc1NC(C)C(C)C. The van der Waals surface area contributed by atoms with Crippen molar-refractivity contribution >= 4 is 5.95 Å². The summed E-state index contributed by atoms with van der Waals surface area (Å²) in [7, 11) is 0. The first kappa shape index (κ1) is 12.1. The van der Waals surface area contributed by atoms with E-state index >= 15 is 0 Å². The zero-order chi connectivity index (χ0) is 11.3. The maximum absolute atomic E-state index is 4.34. The fraction of sp³-hybridized carbons (Fsp3) is 0.750. The van der Waals surface area contributed by atoms with E-state index in [1.807, 2.05) is 12.4 Å². The molecule has 1 heterocycles. The van der Waals surface area contributed by atoms with E-state index in [0.717, 1.165) is 12.5 Å². The molecule has 0 aliphatic carbocycles. The van der Waals surface area contributed by atoms with E-state index < -0.39 is 0 Å². The lowest BCUT2D eigenvalue weighted by Gasteiger charge is -2.18. The summed E-state index contributed by atoms with van der Waals surface area (Å²) in [5, 5.41) is 3.45. The third-order valence-electron chi connectivity index (χ3n) is 2.82. The van der Waals surface area contributed by atoms with Crippen molar-refractivity contribution in [1.82, 2.24) is 9.55 Å². The minimum absolute atomic E-state index is 0.466. The summed E-state index contributed by atoms with van der Waals surface area (Å²) in [4.78, 5) is 4.34. The molecular weight excluding hydrogens is 186 g/mol. The van der Waals surface area contributed by atoms with Gasteiger partial charge >= 0.3 is 0 Å². The van der Waals surface area contributed by atoms with Gasteiger partial charge in [-0.25, -0.2) is 4.98 Å². The molecule has 3 heteroatoms. The van der Waals surface area contributed by atoms with Gasteiger partial charge in [-0.3, -0.25) is 0 Å². The van der Waals surface area contributed by atoms with Crippen LogP contribution in [0.15, 0.2) is 12.4 Å². The fourth-order valence-corrected chi connectivity index (χ4v) is 1.33. The molecule has 0 radical (unpaired) electrons. The molecule has 0 aromatic carbocycles. The Morgan fingerprint density at radius 1 is 1.40 bits per heavy atom. The molecule has 1 rings (SSSR count). The molecule has 0 aliphatic rings. The Morgan fingerprint density at radius 3 is 2.73 bits per heavy atom. The number of nitrogens with zero attached hydrogens (tertiary/aromatic N) is 2. The molecule has 15 heavy (non-hydrogen) atoms. The van der Waals surface area contributed by atoms with Gasteiger partial charge in [0, 0.05) is 25.0 Å². The summed E-state index contributed by atoms with van der Waals surface area (Å²) in [5.41, 5.74) is 0. The number of anilines is 1. The number of unbranched alkanes of at least 4 members (excludes halogenated alkanes) is 1. The Kier molecular flexibility index (Phi) is 4.66. The van der Waals surface area contributed by atoms with Crippen molar-refractivity contribution in [2.75, 3.05) is 5.32 Å². The Bertz CT molecular complexity index is 278. The maximum Gasteiger partial charge on any atom is 0.202 e. The average Bonchev–Trinajstić information content (AvgIpc) is 2.62. The quantitative estimate of drug-likeness (QED) is 0.780. The van der Waals surface area contributed by atoms with E-state index in [-0.39, 0.29) is 0 Å². The first-order chi connectivity index (χ1) is 7.15. The number of rotatable bonds is 6. The zero-order valence-electron chi connectivity index (χ0n) is 10.3. The van der Waals surface area contributed by atoms with Crippen LogP contribution in [0, 0.1) is 5.92 Å². The maximum atomic E-state index is 4.34. The van der Waals surface area contributed by atoms with E-state index in [0.29, 0.717) is 12.0 Å². The van der Waals surface area contributed by atoms with Crippen molar-refractivity contribution < 1.29 is 0 Å². The minimum Gasteiger partial charge on any atom is -0.353 e. The average molecular weight is 209 g/mol. The first-order valence-electron chi connectivity index (χ1n) is 5.92. The van der Waals surface area contributed by atoms with Gasteiger partial charge in [-0.1, -0.05) is 27.2 Å². The highest BCUT2D eigenvalue weighted by molar-refractivity contribution is 5.27. The second-order valence-corrected chi connectivity index (χ2v) is 4.47. The van der Waals surface area contributed by atoms with E-state index in [4.69, 9.17) is 0 Å². The number of nitrogens with one attached hydrogen (secondary N) is 1. The van der Waals surface area contributed by atoms with E-state index in [2.05, 4.69) is 42.6 Å². The van der Waals surface area contributed by atoms with Crippen LogP contribution in [-0.2, 0) is 6.54 Å². The van der Waals surface area contributed by atoms with Crippen LogP contribution in [0.25, 0.3) is 0 Å². The van der Waals surface area contributed by atoms with Gasteiger partial charge in [0.25, 0.3) is 0 Å².